The predicted molar refractivity (Wildman–Crippen MR) is 63.2 cm³/mol. The van der Waals surface area contributed by atoms with E-state index >= 15 is 0 Å². The number of benzene rings is 1. The summed E-state index contributed by atoms with van der Waals surface area (Å²) in [7, 11) is -1.46. The Morgan fingerprint density at radius 1 is 1.14 bits per heavy atom. The summed E-state index contributed by atoms with van der Waals surface area (Å²) in [5, 5.41) is 0. The Bertz CT molecular complexity index is 276. The Hall–Kier alpha value is -0.803. The lowest BCUT2D eigenvalue weighted by atomic mass is 10.1. The van der Waals surface area contributed by atoms with Crippen molar-refractivity contribution in [3.05, 3.63) is 29.8 Å². The highest BCUT2D eigenvalue weighted by Gasteiger charge is 2.15. The molecule has 0 saturated carbocycles. The van der Waals surface area contributed by atoms with Gasteiger partial charge in [0.05, 0.1) is 0 Å². The van der Waals surface area contributed by atoms with Crippen LogP contribution in [-0.2, 0) is 6.42 Å². The first kappa shape index (κ1) is 11.3. The maximum atomic E-state index is 5.84. The topological polar surface area (TPSA) is 35.2 Å². The normalized spacial score (nSPS) is 11.4. The molecule has 78 valence electrons. The van der Waals surface area contributed by atoms with Crippen LogP contribution < -0.4 is 10.2 Å². The van der Waals surface area contributed by atoms with E-state index < -0.39 is 8.32 Å². The quantitative estimate of drug-likeness (QED) is 0.773. The highest BCUT2D eigenvalue weighted by Crippen LogP contribution is 2.16. The number of nitrogens with two attached hydrogens (primary N) is 1. The molecule has 14 heavy (non-hydrogen) atoms. The highest BCUT2D eigenvalue weighted by atomic mass is 28.4. The van der Waals surface area contributed by atoms with Crippen molar-refractivity contribution in [2.45, 2.75) is 26.1 Å². The van der Waals surface area contributed by atoms with Gasteiger partial charge in [0.25, 0.3) is 0 Å². The molecule has 1 aromatic rings. The van der Waals surface area contributed by atoms with E-state index in [1.54, 1.807) is 0 Å². The fourth-order valence-electron chi connectivity index (χ4n) is 1.24. The van der Waals surface area contributed by atoms with Crippen molar-refractivity contribution < 1.29 is 4.43 Å². The third-order valence-corrected chi connectivity index (χ3v) is 2.63. The molecular weight excluding hydrogens is 190 g/mol. The second-order valence-corrected chi connectivity index (χ2v) is 8.83. The van der Waals surface area contributed by atoms with Crippen LogP contribution in [0.5, 0.6) is 5.75 Å². The van der Waals surface area contributed by atoms with Crippen molar-refractivity contribution in [1.82, 2.24) is 0 Å². The Kier molecular flexibility index (Phi) is 3.72. The fraction of sp³-hybridized carbons (Fsp3) is 0.455. The summed E-state index contributed by atoms with van der Waals surface area (Å²) in [5.74, 6) is 0.977. The maximum absolute atomic E-state index is 5.84. The molecule has 0 bridgehead atoms. The molecule has 0 aliphatic rings. The van der Waals surface area contributed by atoms with Gasteiger partial charge >= 0.3 is 0 Å². The van der Waals surface area contributed by atoms with Gasteiger partial charge in [-0.15, -0.1) is 0 Å². The second kappa shape index (κ2) is 4.62. The predicted octanol–water partition coefficient (Wildman–Crippen LogP) is 2.40. The summed E-state index contributed by atoms with van der Waals surface area (Å²) in [6.07, 6.45) is 0.938. The summed E-state index contributed by atoms with van der Waals surface area (Å²) in [4.78, 5) is 0. The van der Waals surface area contributed by atoms with Crippen molar-refractivity contribution in [2.75, 3.05) is 6.54 Å². The molecule has 0 aliphatic carbocycles. The summed E-state index contributed by atoms with van der Waals surface area (Å²) >= 11 is 0. The first-order valence-electron chi connectivity index (χ1n) is 4.99. The van der Waals surface area contributed by atoms with E-state index in [9.17, 15) is 0 Å². The van der Waals surface area contributed by atoms with Crippen LogP contribution in [0, 0.1) is 0 Å². The fourth-order valence-corrected chi connectivity index (χ4v) is 2.09. The molecule has 1 rings (SSSR count). The third kappa shape index (κ3) is 3.94. The summed E-state index contributed by atoms with van der Waals surface area (Å²) < 4.78 is 5.84. The van der Waals surface area contributed by atoms with Crippen LogP contribution in [-0.4, -0.2) is 14.9 Å². The van der Waals surface area contributed by atoms with Crippen LogP contribution in [0.1, 0.15) is 5.56 Å². The molecule has 0 radical (unpaired) electrons. The van der Waals surface area contributed by atoms with E-state index in [1.165, 1.54) is 5.56 Å². The molecule has 0 fully saturated rings. The molecule has 0 heterocycles. The molecule has 0 saturated heterocycles. The van der Waals surface area contributed by atoms with Crippen LogP contribution >= 0.6 is 0 Å². The van der Waals surface area contributed by atoms with Gasteiger partial charge < -0.3 is 10.2 Å². The minimum atomic E-state index is -1.46. The van der Waals surface area contributed by atoms with Gasteiger partial charge in [-0.25, -0.2) is 0 Å². The van der Waals surface area contributed by atoms with E-state index in [4.69, 9.17) is 10.2 Å². The molecule has 0 aromatic heterocycles. The van der Waals surface area contributed by atoms with Gasteiger partial charge in [0.1, 0.15) is 5.75 Å². The summed E-state index contributed by atoms with van der Waals surface area (Å²) in [5.41, 5.74) is 6.75. The molecule has 0 unspecified atom stereocenters. The van der Waals surface area contributed by atoms with E-state index in [0.29, 0.717) is 6.54 Å². The molecule has 0 spiro atoms. The van der Waals surface area contributed by atoms with Crippen LogP contribution in [0.25, 0.3) is 0 Å². The van der Waals surface area contributed by atoms with Crippen LogP contribution in [0.3, 0.4) is 0 Å². The molecule has 0 atom stereocenters. The monoisotopic (exact) mass is 209 g/mol. The SMILES string of the molecule is C[Si](C)(C)Oc1ccc(CCN)cc1. The van der Waals surface area contributed by atoms with Crippen molar-refractivity contribution >= 4 is 8.32 Å². The first-order chi connectivity index (χ1) is 6.51. The van der Waals surface area contributed by atoms with Crippen LogP contribution in [0.4, 0.5) is 0 Å². The average Bonchev–Trinajstić information content (AvgIpc) is 2.06. The van der Waals surface area contributed by atoms with Crippen molar-refractivity contribution in [3.8, 4) is 5.75 Å². The lowest BCUT2D eigenvalue weighted by Gasteiger charge is -2.19. The van der Waals surface area contributed by atoms with Gasteiger partial charge in [0.2, 0.25) is 8.32 Å². The molecule has 2 nitrogen and oxygen atoms in total. The molecule has 0 aliphatic heterocycles. The standard InChI is InChI=1S/C11H19NOSi/c1-14(2,3)13-11-6-4-10(5-7-11)8-9-12/h4-7H,8-9,12H2,1-3H3. The molecular formula is C11H19NOSi. The number of rotatable bonds is 4. The minimum Gasteiger partial charge on any atom is -0.544 e. The Labute approximate surface area is 87.2 Å². The Morgan fingerprint density at radius 2 is 1.71 bits per heavy atom. The van der Waals surface area contributed by atoms with Crippen LogP contribution in [0.15, 0.2) is 24.3 Å². The molecule has 0 amide bonds. The van der Waals surface area contributed by atoms with E-state index in [-0.39, 0.29) is 0 Å². The number of hydrogen-bond acceptors (Lipinski definition) is 2. The highest BCUT2D eigenvalue weighted by molar-refractivity contribution is 6.70. The van der Waals surface area contributed by atoms with Gasteiger partial charge in [0, 0.05) is 0 Å². The Morgan fingerprint density at radius 3 is 2.14 bits per heavy atom. The van der Waals surface area contributed by atoms with Crippen molar-refractivity contribution in [3.63, 3.8) is 0 Å². The largest absolute Gasteiger partial charge is 0.544 e. The Balaban J connectivity index is 2.64. The van der Waals surface area contributed by atoms with E-state index in [1.807, 2.05) is 12.1 Å². The lowest BCUT2D eigenvalue weighted by molar-refractivity contribution is 0.557. The zero-order valence-corrected chi connectivity index (χ0v) is 10.2. The molecule has 1 aromatic carbocycles. The number of hydrogen-bond donors (Lipinski definition) is 1. The minimum absolute atomic E-state index is 0.703. The summed E-state index contributed by atoms with van der Waals surface area (Å²) in [6, 6.07) is 8.23. The maximum Gasteiger partial charge on any atom is 0.242 e. The summed E-state index contributed by atoms with van der Waals surface area (Å²) in [6.45, 7) is 7.25. The van der Waals surface area contributed by atoms with E-state index in [0.717, 1.165) is 12.2 Å². The molecule has 3 heteroatoms. The zero-order valence-electron chi connectivity index (χ0n) is 9.21. The van der Waals surface area contributed by atoms with Gasteiger partial charge in [-0.1, -0.05) is 12.1 Å². The van der Waals surface area contributed by atoms with Crippen molar-refractivity contribution in [1.29, 1.82) is 0 Å². The average molecular weight is 209 g/mol. The third-order valence-electron chi connectivity index (χ3n) is 1.78. The van der Waals surface area contributed by atoms with Gasteiger partial charge in [0.15, 0.2) is 0 Å². The van der Waals surface area contributed by atoms with Gasteiger partial charge in [-0.2, -0.15) is 0 Å². The molecule has 2 N–H and O–H groups in total. The first-order valence-corrected chi connectivity index (χ1v) is 8.40. The van der Waals surface area contributed by atoms with Gasteiger partial charge in [-0.3, -0.25) is 0 Å². The van der Waals surface area contributed by atoms with Crippen molar-refractivity contribution in [2.24, 2.45) is 5.73 Å². The lowest BCUT2D eigenvalue weighted by Crippen LogP contribution is -2.29. The second-order valence-electron chi connectivity index (χ2n) is 4.40. The smallest absolute Gasteiger partial charge is 0.242 e. The van der Waals surface area contributed by atoms with Gasteiger partial charge in [-0.05, 0) is 50.3 Å². The zero-order chi connectivity index (χ0) is 10.6. The van der Waals surface area contributed by atoms with E-state index in [2.05, 4.69) is 31.8 Å². The van der Waals surface area contributed by atoms with Crippen LogP contribution in [0.2, 0.25) is 19.6 Å².